The minimum absolute atomic E-state index is 0.0824. The number of carbonyl (C=O) groups is 4. The first-order chi connectivity index (χ1) is 44.7. The first-order valence-corrected chi connectivity index (χ1v) is 38.8. The predicted molar refractivity (Wildman–Crippen MR) is 372 cm³/mol. The Hall–Kier alpha value is -3.76. The minimum atomic E-state index is -4.97. The molecule has 0 aromatic rings. The average molecular weight is 1340 g/mol. The normalized spacial score (nSPS) is 14.6. The van der Waals surface area contributed by atoms with Gasteiger partial charge in [0.25, 0.3) is 0 Å². The van der Waals surface area contributed by atoms with Crippen LogP contribution in [0, 0.1) is 0 Å². The van der Waals surface area contributed by atoms with Crippen LogP contribution in [0.15, 0.2) is 85.1 Å². The van der Waals surface area contributed by atoms with Crippen molar-refractivity contribution >= 4 is 39.5 Å². The van der Waals surface area contributed by atoms with E-state index < -0.39 is 97.5 Å². The molecule has 17 nitrogen and oxygen atoms in total. The van der Waals surface area contributed by atoms with Gasteiger partial charge in [-0.25, -0.2) is 9.13 Å². The second kappa shape index (κ2) is 65.9. The van der Waals surface area contributed by atoms with Crippen LogP contribution in [0.4, 0.5) is 0 Å². The Morgan fingerprint density at radius 1 is 0.315 bits per heavy atom. The summed E-state index contributed by atoms with van der Waals surface area (Å²) in [5, 5.41) is 10.6. The maximum Gasteiger partial charge on any atom is 0.472 e. The first-order valence-electron chi connectivity index (χ1n) is 35.8. The molecule has 0 aliphatic rings. The van der Waals surface area contributed by atoms with Crippen LogP contribution in [0.3, 0.4) is 0 Å². The van der Waals surface area contributed by atoms with Gasteiger partial charge in [-0.15, -0.1) is 0 Å². The van der Waals surface area contributed by atoms with Crippen molar-refractivity contribution < 1.29 is 80.2 Å². The second-order valence-corrected chi connectivity index (χ2v) is 26.7. The maximum atomic E-state index is 13.0. The summed E-state index contributed by atoms with van der Waals surface area (Å²) in [6, 6.07) is 0. The molecule has 0 fully saturated rings. The zero-order valence-corrected chi connectivity index (χ0v) is 59.5. The number of hydrogen-bond donors (Lipinski definition) is 3. The zero-order valence-electron chi connectivity index (χ0n) is 57.7. The van der Waals surface area contributed by atoms with Gasteiger partial charge in [-0.05, 0) is 109 Å². The van der Waals surface area contributed by atoms with Crippen molar-refractivity contribution in [1.29, 1.82) is 0 Å². The third kappa shape index (κ3) is 64.9. The summed E-state index contributed by atoms with van der Waals surface area (Å²) in [5.41, 5.74) is 0. The van der Waals surface area contributed by atoms with Crippen LogP contribution < -0.4 is 0 Å². The molecular formula is C73H128O17P2. The van der Waals surface area contributed by atoms with Gasteiger partial charge in [0.2, 0.25) is 0 Å². The van der Waals surface area contributed by atoms with Crippen molar-refractivity contribution in [3.05, 3.63) is 85.1 Å². The number of hydrogen-bond acceptors (Lipinski definition) is 15. The number of phosphoric acid groups is 2. The number of rotatable bonds is 67. The van der Waals surface area contributed by atoms with Gasteiger partial charge in [0.15, 0.2) is 12.2 Å². The third-order valence-corrected chi connectivity index (χ3v) is 16.7. The van der Waals surface area contributed by atoms with Gasteiger partial charge in [0.1, 0.15) is 19.3 Å². The van der Waals surface area contributed by atoms with E-state index in [9.17, 15) is 43.2 Å². The molecule has 5 unspecified atom stereocenters. The molecule has 0 rings (SSSR count). The lowest BCUT2D eigenvalue weighted by atomic mass is 10.1. The number of aliphatic hydroxyl groups excluding tert-OH is 1. The number of aliphatic hydroxyl groups is 1. The standard InChI is InChI=1S/C73H128O17P2/c1-5-9-13-17-21-25-29-31-32-33-34-36-40-42-46-50-54-58-71(76)84-64-69(90-73(78)60-56-52-48-44-38-28-24-20-16-12-8-4)66-88-92(81,82)86-62-67(74)61-85-91(79,80)87-65-68(89-72(77)59-55-51-47-43-37-27-23-19-15-11-7-3)63-83-70(75)57-53-49-45-41-39-35-30-26-22-18-14-10-6-2/h9,13-14,18-19,21,23,25-26,30-32,34,36,67-69,74H,5-8,10-12,15-17,20,22,24,27-29,33,35,37-66H2,1-4H3,(H,79,80)(H,81,82)/b13-9-,18-14-,23-19-,25-21-,30-26-,32-31-,36-34-. The Morgan fingerprint density at radius 3 is 0.957 bits per heavy atom. The van der Waals surface area contributed by atoms with Crippen LogP contribution in [-0.2, 0) is 65.4 Å². The van der Waals surface area contributed by atoms with E-state index in [1.165, 1.54) is 51.4 Å². The van der Waals surface area contributed by atoms with E-state index in [4.69, 9.17) is 37.0 Å². The van der Waals surface area contributed by atoms with Gasteiger partial charge in [0.05, 0.1) is 26.4 Å². The van der Waals surface area contributed by atoms with E-state index in [1.807, 2.05) is 0 Å². The molecule has 3 N–H and O–H groups in total. The van der Waals surface area contributed by atoms with Gasteiger partial charge in [0, 0.05) is 25.7 Å². The molecule has 0 bridgehead atoms. The van der Waals surface area contributed by atoms with Crippen molar-refractivity contribution in [3.63, 3.8) is 0 Å². The Kier molecular flexibility index (Phi) is 63.2. The lowest BCUT2D eigenvalue weighted by Gasteiger charge is -2.21. The summed E-state index contributed by atoms with van der Waals surface area (Å²) < 4.78 is 68.2. The van der Waals surface area contributed by atoms with Crippen molar-refractivity contribution in [1.82, 2.24) is 0 Å². The summed E-state index contributed by atoms with van der Waals surface area (Å²) in [6.45, 7) is 4.59. The van der Waals surface area contributed by atoms with Crippen LogP contribution in [-0.4, -0.2) is 96.7 Å². The van der Waals surface area contributed by atoms with E-state index in [2.05, 4.69) is 113 Å². The highest BCUT2D eigenvalue weighted by molar-refractivity contribution is 7.47. The van der Waals surface area contributed by atoms with Gasteiger partial charge in [-0.3, -0.25) is 37.3 Å². The van der Waals surface area contributed by atoms with Crippen molar-refractivity contribution in [2.24, 2.45) is 0 Å². The summed E-state index contributed by atoms with van der Waals surface area (Å²) in [4.78, 5) is 72.5. The van der Waals surface area contributed by atoms with Crippen LogP contribution in [0.1, 0.15) is 297 Å². The summed E-state index contributed by atoms with van der Waals surface area (Å²) in [5.74, 6) is -2.22. The molecule has 92 heavy (non-hydrogen) atoms. The van der Waals surface area contributed by atoms with Crippen LogP contribution in [0.25, 0.3) is 0 Å². The molecule has 0 heterocycles. The van der Waals surface area contributed by atoms with Gasteiger partial charge >= 0.3 is 39.5 Å². The number of unbranched alkanes of at least 4 members (excludes halogenated alkanes) is 27. The number of carbonyl (C=O) groups excluding carboxylic acids is 4. The molecule has 532 valence electrons. The Balaban J connectivity index is 5.31. The summed E-state index contributed by atoms with van der Waals surface area (Å²) in [6.07, 6.45) is 64.5. The van der Waals surface area contributed by atoms with Crippen LogP contribution in [0.2, 0.25) is 0 Å². The van der Waals surface area contributed by atoms with E-state index in [1.54, 1.807) is 0 Å². The van der Waals surface area contributed by atoms with Crippen LogP contribution >= 0.6 is 15.6 Å². The van der Waals surface area contributed by atoms with E-state index in [0.717, 1.165) is 167 Å². The lowest BCUT2D eigenvalue weighted by molar-refractivity contribution is -0.161. The largest absolute Gasteiger partial charge is 0.472 e. The highest BCUT2D eigenvalue weighted by atomic mass is 31.2. The molecule has 0 aliphatic carbocycles. The molecule has 0 saturated carbocycles. The number of ether oxygens (including phenoxy) is 4. The predicted octanol–water partition coefficient (Wildman–Crippen LogP) is 19.9. The molecule has 0 aromatic heterocycles. The lowest BCUT2D eigenvalue weighted by Crippen LogP contribution is -2.30. The molecule has 0 aliphatic heterocycles. The summed E-state index contributed by atoms with van der Waals surface area (Å²) in [7, 11) is -9.94. The smallest absolute Gasteiger partial charge is 0.462 e. The fraction of sp³-hybridized carbons (Fsp3) is 0.753. The Bertz CT molecular complexity index is 2090. The fourth-order valence-electron chi connectivity index (χ4n) is 9.35. The van der Waals surface area contributed by atoms with E-state index in [-0.39, 0.29) is 25.7 Å². The van der Waals surface area contributed by atoms with E-state index in [0.29, 0.717) is 25.7 Å². The van der Waals surface area contributed by atoms with Gasteiger partial charge < -0.3 is 33.8 Å². The topological polar surface area (TPSA) is 237 Å². The molecule has 5 atom stereocenters. The molecule has 0 saturated heterocycles. The van der Waals surface area contributed by atoms with Crippen molar-refractivity contribution in [2.45, 2.75) is 316 Å². The van der Waals surface area contributed by atoms with E-state index >= 15 is 0 Å². The van der Waals surface area contributed by atoms with Gasteiger partial charge in [-0.1, -0.05) is 248 Å². The maximum absolute atomic E-state index is 13.0. The highest BCUT2D eigenvalue weighted by Crippen LogP contribution is 2.45. The quantitative estimate of drug-likeness (QED) is 0.0169. The van der Waals surface area contributed by atoms with Crippen molar-refractivity contribution in [2.75, 3.05) is 39.6 Å². The minimum Gasteiger partial charge on any atom is -0.462 e. The first kappa shape index (κ1) is 88.2. The molecule has 0 amide bonds. The van der Waals surface area contributed by atoms with Crippen molar-refractivity contribution in [3.8, 4) is 0 Å². The highest BCUT2D eigenvalue weighted by Gasteiger charge is 2.30. The number of esters is 4. The molecular weight excluding hydrogens is 1210 g/mol. The molecule has 0 spiro atoms. The monoisotopic (exact) mass is 1340 g/mol. The number of phosphoric ester groups is 2. The Morgan fingerprint density at radius 2 is 0.598 bits per heavy atom. The SMILES string of the molecule is CC/C=C\C/C=C\C/C=C\C/C=C\CCCCCCC(=O)OCC(COP(=O)(O)OCC(O)COP(=O)(O)OCC(COC(=O)CCCCCCC/C=C\C/C=C\CCC)OC(=O)CCCCCCC/C=C\CCCC)OC(=O)CCCCCCCCCCCCC. The third-order valence-electron chi connectivity index (χ3n) is 14.8. The molecule has 0 aromatic carbocycles. The van der Waals surface area contributed by atoms with Crippen LogP contribution in [0.5, 0.6) is 0 Å². The summed E-state index contributed by atoms with van der Waals surface area (Å²) >= 11 is 0. The second-order valence-electron chi connectivity index (χ2n) is 23.8. The molecule has 0 radical (unpaired) electrons. The number of allylic oxidation sites excluding steroid dienone is 14. The molecule has 19 heteroatoms. The fourth-order valence-corrected chi connectivity index (χ4v) is 10.9. The average Bonchev–Trinajstić information content (AvgIpc) is 2.31. The van der Waals surface area contributed by atoms with Gasteiger partial charge in [-0.2, -0.15) is 0 Å². The zero-order chi connectivity index (χ0) is 67.5. The Labute approximate surface area is 557 Å².